The molecule has 0 spiro atoms. The van der Waals surface area contributed by atoms with Crippen LogP contribution in [-0.2, 0) is 6.42 Å². The molecule has 1 amide bonds. The Morgan fingerprint density at radius 2 is 1.90 bits per heavy atom. The number of nitrogens with one attached hydrogen (secondary N) is 1. The molecule has 2 aromatic carbocycles. The van der Waals surface area contributed by atoms with Gasteiger partial charge in [0.05, 0.1) is 21.7 Å². The summed E-state index contributed by atoms with van der Waals surface area (Å²) in [6.07, 6.45) is 0.977. The molecule has 2 aromatic rings. The first-order chi connectivity index (χ1) is 10.1. The molecule has 4 heteroatoms. The van der Waals surface area contributed by atoms with Gasteiger partial charge in [0.2, 0.25) is 0 Å². The van der Waals surface area contributed by atoms with Gasteiger partial charge in [0.15, 0.2) is 0 Å². The van der Waals surface area contributed by atoms with Crippen molar-refractivity contribution >= 4 is 29.1 Å². The van der Waals surface area contributed by atoms with E-state index in [4.69, 9.17) is 23.2 Å². The topological polar surface area (TPSA) is 29.1 Å². The van der Waals surface area contributed by atoms with Gasteiger partial charge in [-0.05, 0) is 35.6 Å². The molecule has 0 heterocycles. The maximum atomic E-state index is 12.5. The Morgan fingerprint density at radius 1 is 1.14 bits per heavy atom. The zero-order valence-corrected chi connectivity index (χ0v) is 13.1. The number of carbonyl (C=O) groups is 1. The number of benzene rings is 2. The molecule has 0 saturated carbocycles. The molecular formula is C17H15Cl2NO. The monoisotopic (exact) mass is 319 g/mol. The van der Waals surface area contributed by atoms with E-state index in [1.165, 1.54) is 11.1 Å². The van der Waals surface area contributed by atoms with Crippen LogP contribution in [0.1, 0.15) is 34.5 Å². The number of fused-ring (bicyclic) bond motifs is 1. The van der Waals surface area contributed by atoms with E-state index in [9.17, 15) is 4.79 Å². The first-order valence-corrected chi connectivity index (χ1v) is 7.66. The molecule has 2 atom stereocenters. The van der Waals surface area contributed by atoms with Crippen molar-refractivity contribution in [1.82, 2.24) is 5.32 Å². The van der Waals surface area contributed by atoms with Crippen LogP contribution in [0.15, 0.2) is 42.5 Å². The van der Waals surface area contributed by atoms with Gasteiger partial charge < -0.3 is 5.32 Å². The lowest BCUT2D eigenvalue weighted by Gasteiger charge is -2.19. The number of halogens is 2. The molecule has 1 aliphatic rings. The van der Waals surface area contributed by atoms with E-state index in [-0.39, 0.29) is 11.9 Å². The SMILES string of the molecule is CC1Cc2ccccc2C1NC(=O)c1cccc(Cl)c1Cl. The van der Waals surface area contributed by atoms with Crippen molar-refractivity contribution in [2.24, 2.45) is 5.92 Å². The van der Waals surface area contributed by atoms with Gasteiger partial charge in [-0.3, -0.25) is 4.79 Å². The Labute approximate surface area is 134 Å². The van der Waals surface area contributed by atoms with Crippen LogP contribution >= 0.6 is 23.2 Å². The van der Waals surface area contributed by atoms with Crippen LogP contribution in [0.4, 0.5) is 0 Å². The molecule has 21 heavy (non-hydrogen) atoms. The highest BCUT2D eigenvalue weighted by Gasteiger charge is 2.30. The Morgan fingerprint density at radius 3 is 2.71 bits per heavy atom. The minimum absolute atomic E-state index is 0.0174. The molecule has 1 aliphatic carbocycles. The second kappa shape index (κ2) is 5.70. The van der Waals surface area contributed by atoms with Crippen LogP contribution < -0.4 is 5.32 Å². The summed E-state index contributed by atoms with van der Waals surface area (Å²) in [4.78, 5) is 12.5. The molecule has 0 fully saturated rings. The first kappa shape index (κ1) is 14.4. The number of amides is 1. The van der Waals surface area contributed by atoms with Gasteiger partial charge >= 0.3 is 0 Å². The minimum atomic E-state index is -0.184. The molecule has 108 valence electrons. The maximum absolute atomic E-state index is 12.5. The molecule has 2 unspecified atom stereocenters. The predicted octanol–water partition coefficient (Wildman–Crippen LogP) is 4.66. The summed E-state index contributed by atoms with van der Waals surface area (Å²) in [7, 11) is 0. The third-order valence-corrected chi connectivity index (χ3v) is 4.80. The van der Waals surface area contributed by atoms with E-state index in [2.05, 4.69) is 24.4 Å². The third-order valence-electron chi connectivity index (χ3n) is 3.98. The Balaban J connectivity index is 1.87. The molecule has 0 bridgehead atoms. The summed E-state index contributed by atoms with van der Waals surface area (Å²) in [6.45, 7) is 2.14. The van der Waals surface area contributed by atoms with E-state index in [1.807, 2.05) is 12.1 Å². The Kier molecular flexibility index (Phi) is 3.92. The van der Waals surface area contributed by atoms with Crippen molar-refractivity contribution in [1.29, 1.82) is 0 Å². The molecule has 0 saturated heterocycles. The number of hydrogen-bond acceptors (Lipinski definition) is 1. The molecule has 1 N–H and O–H groups in total. The second-order valence-electron chi connectivity index (χ2n) is 5.43. The number of carbonyl (C=O) groups excluding carboxylic acids is 1. The zero-order valence-electron chi connectivity index (χ0n) is 11.6. The largest absolute Gasteiger partial charge is 0.345 e. The average molecular weight is 320 g/mol. The molecule has 0 aromatic heterocycles. The molecular weight excluding hydrogens is 305 g/mol. The summed E-state index contributed by atoms with van der Waals surface area (Å²) in [5.74, 6) is 0.181. The van der Waals surface area contributed by atoms with Gasteiger partial charge in [-0.1, -0.05) is 60.5 Å². The standard InChI is InChI=1S/C17H15Cl2NO/c1-10-9-11-5-2-3-6-12(11)16(10)20-17(21)13-7-4-8-14(18)15(13)19/h2-8,10,16H,9H2,1H3,(H,20,21). The lowest BCUT2D eigenvalue weighted by Crippen LogP contribution is -2.30. The van der Waals surface area contributed by atoms with Crippen molar-refractivity contribution in [2.45, 2.75) is 19.4 Å². The molecule has 0 aliphatic heterocycles. The van der Waals surface area contributed by atoms with Gasteiger partial charge in [0, 0.05) is 0 Å². The summed E-state index contributed by atoms with van der Waals surface area (Å²) in [6, 6.07) is 13.3. The van der Waals surface area contributed by atoms with Crippen LogP contribution in [0, 0.1) is 5.92 Å². The minimum Gasteiger partial charge on any atom is -0.345 e. The smallest absolute Gasteiger partial charge is 0.253 e. The third kappa shape index (κ3) is 2.66. The summed E-state index contributed by atoms with van der Waals surface area (Å²) >= 11 is 12.1. The van der Waals surface area contributed by atoms with Crippen molar-refractivity contribution in [3.05, 3.63) is 69.2 Å². The van der Waals surface area contributed by atoms with Gasteiger partial charge in [0.1, 0.15) is 0 Å². The van der Waals surface area contributed by atoms with Crippen molar-refractivity contribution in [2.75, 3.05) is 0 Å². The summed E-state index contributed by atoms with van der Waals surface area (Å²) in [5.41, 5.74) is 2.91. The highest BCUT2D eigenvalue weighted by Crippen LogP contribution is 2.36. The van der Waals surface area contributed by atoms with E-state index in [0.29, 0.717) is 21.5 Å². The fourth-order valence-corrected chi connectivity index (χ4v) is 3.30. The zero-order chi connectivity index (χ0) is 15.0. The average Bonchev–Trinajstić information content (AvgIpc) is 2.78. The number of rotatable bonds is 2. The van der Waals surface area contributed by atoms with Crippen molar-refractivity contribution in [3.8, 4) is 0 Å². The second-order valence-corrected chi connectivity index (χ2v) is 6.22. The molecule has 0 radical (unpaired) electrons. The summed E-state index contributed by atoms with van der Waals surface area (Å²) < 4.78 is 0. The van der Waals surface area contributed by atoms with Crippen molar-refractivity contribution < 1.29 is 4.79 Å². The van der Waals surface area contributed by atoms with Crippen LogP contribution in [0.25, 0.3) is 0 Å². The normalized spacial score (nSPS) is 20.1. The van der Waals surface area contributed by atoms with Gasteiger partial charge in [-0.15, -0.1) is 0 Å². The highest BCUT2D eigenvalue weighted by atomic mass is 35.5. The lowest BCUT2D eigenvalue weighted by atomic mass is 10.0. The summed E-state index contributed by atoms with van der Waals surface area (Å²) in [5, 5.41) is 3.78. The Bertz CT molecular complexity index is 699. The van der Waals surface area contributed by atoms with Gasteiger partial charge in [-0.2, -0.15) is 0 Å². The van der Waals surface area contributed by atoms with E-state index in [1.54, 1.807) is 18.2 Å². The predicted molar refractivity (Wildman–Crippen MR) is 86.0 cm³/mol. The van der Waals surface area contributed by atoms with Crippen LogP contribution in [0.2, 0.25) is 10.0 Å². The highest BCUT2D eigenvalue weighted by molar-refractivity contribution is 6.43. The fourth-order valence-electron chi connectivity index (χ4n) is 2.91. The first-order valence-electron chi connectivity index (χ1n) is 6.90. The van der Waals surface area contributed by atoms with Crippen LogP contribution in [-0.4, -0.2) is 5.91 Å². The maximum Gasteiger partial charge on any atom is 0.253 e. The van der Waals surface area contributed by atoms with Crippen LogP contribution in [0.5, 0.6) is 0 Å². The lowest BCUT2D eigenvalue weighted by molar-refractivity contribution is 0.0927. The molecule has 3 rings (SSSR count). The quantitative estimate of drug-likeness (QED) is 0.857. The van der Waals surface area contributed by atoms with E-state index >= 15 is 0 Å². The van der Waals surface area contributed by atoms with Crippen molar-refractivity contribution in [3.63, 3.8) is 0 Å². The van der Waals surface area contributed by atoms with E-state index < -0.39 is 0 Å². The van der Waals surface area contributed by atoms with E-state index in [0.717, 1.165) is 6.42 Å². The number of hydrogen-bond donors (Lipinski definition) is 1. The van der Waals surface area contributed by atoms with Gasteiger partial charge in [-0.25, -0.2) is 0 Å². The Hall–Kier alpha value is -1.51. The fraction of sp³-hybridized carbons (Fsp3) is 0.235. The molecule has 2 nitrogen and oxygen atoms in total. The van der Waals surface area contributed by atoms with Crippen LogP contribution in [0.3, 0.4) is 0 Å². The van der Waals surface area contributed by atoms with Gasteiger partial charge in [0.25, 0.3) is 5.91 Å².